The van der Waals surface area contributed by atoms with E-state index in [0.717, 1.165) is 11.4 Å². The van der Waals surface area contributed by atoms with Crippen molar-refractivity contribution >= 4 is 22.9 Å². The zero-order valence-corrected chi connectivity index (χ0v) is 11.1. The lowest BCUT2D eigenvalue weighted by atomic mass is 10.1. The third-order valence-electron chi connectivity index (χ3n) is 2.34. The molecule has 1 rings (SSSR count). The molecule has 0 fully saturated rings. The Bertz CT molecular complexity index is 338. The van der Waals surface area contributed by atoms with Crippen LogP contribution in [0.15, 0.2) is 12.1 Å². The average molecular weight is 286 g/mol. The lowest BCUT2D eigenvalue weighted by Crippen LogP contribution is -2.20. The second kappa shape index (κ2) is 6.61. The van der Waals surface area contributed by atoms with E-state index in [4.69, 9.17) is 11.6 Å². The second-order valence-electron chi connectivity index (χ2n) is 3.76. The molecule has 1 aromatic rings. The Hall–Kier alpha value is -0.260. The lowest BCUT2D eigenvalue weighted by molar-refractivity contribution is -0.135. The highest BCUT2D eigenvalue weighted by molar-refractivity contribution is 7.16. The predicted octanol–water partition coefficient (Wildman–Crippen LogP) is 4.78. The van der Waals surface area contributed by atoms with E-state index >= 15 is 0 Å². The molecule has 1 unspecified atom stereocenters. The molecule has 0 aliphatic carbocycles. The zero-order valence-electron chi connectivity index (χ0n) is 9.48. The van der Waals surface area contributed by atoms with Gasteiger partial charge in [0.15, 0.2) is 0 Å². The molecule has 6 heteroatoms. The van der Waals surface area contributed by atoms with Crippen molar-refractivity contribution in [1.29, 1.82) is 0 Å². The van der Waals surface area contributed by atoms with Gasteiger partial charge < -0.3 is 5.32 Å². The molecule has 1 nitrogen and oxygen atoms in total. The van der Waals surface area contributed by atoms with Gasteiger partial charge in [0.2, 0.25) is 0 Å². The van der Waals surface area contributed by atoms with Gasteiger partial charge in [-0.3, -0.25) is 0 Å². The average Bonchev–Trinajstić information content (AvgIpc) is 2.62. The predicted molar refractivity (Wildman–Crippen MR) is 65.7 cm³/mol. The summed E-state index contributed by atoms with van der Waals surface area (Å²) in [6.07, 6.45) is -4.18. The first-order chi connectivity index (χ1) is 7.92. The van der Waals surface area contributed by atoms with Crippen molar-refractivity contribution in [3.05, 3.63) is 21.3 Å². The van der Waals surface area contributed by atoms with E-state index in [1.54, 1.807) is 6.07 Å². The van der Waals surface area contributed by atoms with E-state index in [0.29, 0.717) is 10.8 Å². The first kappa shape index (κ1) is 14.8. The molecule has 0 saturated heterocycles. The Labute approximate surface area is 108 Å². The van der Waals surface area contributed by atoms with Crippen LogP contribution < -0.4 is 5.32 Å². The number of hydrogen-bond donors (Lipinski definition) is 1. The first-order valence-electron chi connectivity index (χ1n) is 5.47. The van der Waals surface area contributed by atoms with Crippen molar-refractivity contribution in [2.45, 2.75) is 38.4 Å². The Balaban J connectivity index is 2.49. The zero-order chi connectivity index (χ0) is 12.9. The SMILES string of the molecule is CCNC(CCCC(F)(F)F)c1ccc(Cl)s1. The van der Waals surface area contributed by atoms with Crippen molar-refractivity contribution in [1.82, 2.24) is 5.32 Å². The van der Waals surface area contributed by atoms with Crippen molar-refractivity contribution in [2.75, 3.05) is 6.54 Å². The fourth-order valence-corrected chi connectivity index (χ4v) is 2.78. The van der Waals surface area contributed by atoms with E-state index < -0.39 is 12.6 Å². The molecule has 98 valence electrons. The summed E-state index contributed by atoms with van der Waals surface area (Å²) in [5, 5.41) is 3.18. The maximum absolute atomic E-state index is 12.1. The van der Waals surface area contributed by atoms with Gasteiger partial charge in [-0.05, 0) is 31.5 Å². The topological polar surface area (TPSA) is 12.0 Å². The monoisotopic (exact) mass is 285 g/mol. The quantitative estimate of drug-likeness (QED) is 0.793. The number of alkyl halides is 3. The van der Waals surface area contributed by atoms with Gasteiger partial charge in [-0.2, -0.15) is 13.2 Å². The summed E-state index contributed by atoms with van der Waals surface area (Å²) in [7, 11) is 0. The number of halogens is 4. The van der Waals surface area contributed by atoms with Crippen LogP contribution in [0.25, 0.3) is 0 Å². The van der Waals surface area contributed by atoms with Crippen LogP contribution in [-0.4, -0.2) is 12.7 Å². The van der Waals surface area contributed by atoms with Gasteiger partial charge in [0, 0.05) is 17.3 Å². The third kappa shape index (κ3) is 5.75. The van der Waals surface area contributed by atoms with Gasteiger partial charge in [0.05, 0.1) is 4.34 Å². The summed E-state index contributed by atoms with van der Waals surface area (Å²) in [4.78, 5) is 0.999. The summed E-state index contributed by atoms with van der Waals surface area (Å²) >= 11 is 7.24. The Morgan fingerprint density at radius 1 is 1.41 bits per heavy atom. The third-order valence-corrected chi connectivity index (χ3v) is 3.69. The highest BCUT2D eigenvalue weighted by Crippen LogP contribution is 2.31. The normalized spacial score (nSPS) is 13.9. The minimum absolute atomic E-state index is 0.0279. The van der Waals surface area contributed by atoms with Crippen LogP contribution in [0.2, 0.25) is 4.34 Å². The van der Waals surface area contributed by atoms with Crippen molar-refractivity contribution in [2.24, 2.45) is 0 Å². The number of hydrogen-bond acceptors (Lipinski definition) is 2. The standard InChI is InChI=1S/C11H15ClF3NS/c1-2-16-8(4-3-7-11(13,14)15)9-5-6-10(12)17-9/h5-6,8,16H,2-4,7H2,1H3. The molecule has 17 heavy (non-hydrogen) atoms. The highest BCUT2D eigenvalue weighted by atomic mass is 35.5. The van der Waals surface area contributed by atoms with Crippen LogP contribution in [0, 0.1) is 0 Å². The van der Waals surface area contributed by atoms with Crippen LogP contribution >= 0.6 is 22.9 Å². The molecule has 0 radical (unpaired) electrons. The molecule has 0 aromatic carbocycles. The Morgan fingerprint density at radius 3 is 2.59 bits per heavy atom. The van der Waals surface area contributed by atoms with E-state index in [2.05, 4.69) is 5.32 Å². The molecule has 1 N–H and O–H groups in total. The van der Waals surface area contributed by atoms with Gasteiger partial charge in [-0.1, -0.05) is 18.5 Å². The number of rotatable bonds is 6. The summed E-state index contributed by atoms with van der Waals surface area (Å²) in [6, 6.07) is 3.61. The molecule has 1 aromatic heterocycles. The summed E-state index contributed by atoms with van der Waals surface area (Å²) in [6.45, 7) is 2.66. The lowest BCUT2D eigenvalue weighted by Gasteiger charge is -2.16. The largest absolute Gasteiger partial charge is 0.389 e. The summed E-state index contributed by atoms with van der Waals surface area (Å²) in [5.41, 5.74) is 0. The first-order valence-corrected chi connectivity index (χ1v) is 6.67. The van der Waals surface area contributed by atoms with Crippen LogP contribution in [0.4, 0.5) is 13.2 Å². The van der Waals surface area contributed by atoms with E-state index in [1.807, 2.05) is 13.0 Å². The highest BCUT2D eigenvalue weighted by Gasteiger charge is 2.27. The molecular formula is C11H15ClF3NS. The minimum Gasteiger partial charge on any atom is -0.310 e. The molecule has 1 atom stereocenters. The molecular weight excluding hydrogens is 271 g/mol. The number of thiophene rings is 1. The summed E-state index contributed by atoms with van der Waals surface area (Å²) in [5.74, 6) is 0. The van der Waals surface area contributed by atoms with Crippen LogP contribution in [-0.2, 0) is 0 Å². The molecule has 0 amide bonds. The second-order valence-corrected chi connectivity index (χ2v) is 5.51. The van der Waals surface area contributed by atoms with Gasteiger partial charge in [0.25, 0.3) is 0 Å². The van der Waals surface area contributed by atoms with E-state index in [-0.39, 0.29) is 12.5 Å². The van der Waals surface area contributed by atoms with Gasteiger partial charge in [0.1, 0.15) is 0 Å². The fraction of sp³-hybridized carbons (Fsp3) is 0.636. The molecule has 0 aliphatic rings. The van der Waals surface area contributed by atoms with Gasteiger partial charge in [-0.25, -0.2) is 0 Å². The number of nitrogens with one attached hydrogen (secondary N) is 1. The molecule has 0 saturated carbocycles. The molecule has 0 spiro atoms. The smallest absolute Gasteiger partial charge is 0.310 e. The van der Waals surface area contributed by atoms with Crippen molar-refractivity contribution < 1.29 is 13.2 Å². The minimum atomic E-state index is -4.07. The van der Waals surface area contributed by atoms with Crippen LogP contribution in [0.5, 0.6) is 0 Å². The maximum atomic E-state index is 12.1. The molecule has 0 bridgehead atoms. The van der Waals surface area contributed by atoms with Gasteiger partial charge >= 0.3 is 6.18 Å². The van der Waals surface area contributed by atoms with Crippen molar-refractivity contribution in [3.8, 4) is 0 Å². The van der Waals surface area contributed by atoms with Gasteiger partial charge in [-0.15, -0.1) is 11.3 Å². The molecule has 0 aliphatic heterocycles. The van der Waals surface area contributed by atoms with E-state index in [1.165, 1.54) is 11.3 Å². The van der Waals surface area contributed by atoms with Crippen molar-refractivity contribution in [3.63, 3.8) is 0 Å². The fourth-order valence-electron chi connectivity index (χ4n) is 1.61. The molecule has 1 heterocycles. The Morgan fingerprint density at radius 2 is 2.12 bits per heavy atom. The maximum Gasteiger partial charge on any atom is 0.389 e. The van der Waals surface area contributed by atoms with Crippen LogP contribution in [0.1, 0.15) is 37.1 Å². The van der Waals surface area contributed by atoms with E-state index in [9.17, 15) is 13.2 Å². The Kier molecular flexibility index (Phi) is 5.76. The summed E-state index contributed by atoms with van der Waals surface area (Å²) < 4.78 is 36.8. The van der Waals surface area contributed by atoms with Crippen LogP contribution in [0.3, 0.4) is 0 Å².